The quantitative estimate of drug-likeness (QED) is 0.613. The van der Waals surface area contributed by atoms with Gasteiger partial charge in [-0.3, -0.25) is 14.2 Å². The number of nitrogens with zero attached hydrogens (tertiary/aromatic N) is 4. The van der Waals surface area contributed by atoms with Crippen LogP contribution in [-0.2, 0) is 11.3 Å². The highest BCUT2D eigenvalue weighted by atomic mass is 32.2. The second-order valence-corrected chi connectivity index (χ2v) is 8.74. The van der Waals surface area contributed by atoms with E-state index in [0.29, 0.717) is 27.5 Å². The smallest absolute Gasteiger partial charge is 0.273 e. The zero-order valence-electron chi connectivity index (χ0n) is 16.6. The van der Waals surface area contributed by atoms with Gasteiger partial charge in [0, 0.05) is 30.7 Å². The predicted octanol–water partition coefficient (Wildman–Crippen LogP) is 2.06. The molecule has 0 atom stereocenters. The van der Waals surface area contributed by atoms with Gasteiger partial charge in [-0.15, -0.1) is 0 Å². The van der Waals surface area contributed by atoms with Gasteiger partial charge in [-0.1, -0.05) is 11.3 Å². The molecule has 0 radical (unpaired) electrons. The van der Waals surface area contributed by atoms with Gasteiger partial charge in [0.05, 0.1) is 19.9 Å². The van der Waals surface area contributed by atoms with Crippen LogP contribution in [0.3, 0.4) is 0 Å². The Labute approximate surface area is 181 Å². The van der Waals surface area contributed by atoms with Crippen LogP contribution in [0, 0.1) is 0 Å². The number of hydrogen-bond donors (Lipinski definition) is 1. The van der Waals surface area contributed by atoms with E-state index >= 15 is 0 Å². The number of hydrogen-bond acceptors (Lipinski definition) is 9. The molecule has 4 rings (SSSR count). The van der Waals surface area contributed by atoms with Crippen molar-refractivity contribution in [2.45, 2.75) is 6.54 Å². The van der Waals surface area contributed by atoms with Gasteiger partial charge in [0.1, 0.15) is 29.1 Å². The number of carbonyl (C=O) groups is 1. The van der Waals surface area contributed by atoms with Crippen molar-refractivity contribution < 1.29 is 14.3 Å². The van der Waals surface area contributed by atoms with Crippen LogP contribution in [0.5, 0.6) is 11.5 Å². The van der Waals surface area contributed by atoms with Crippen LogP contribution >= 0.6 is 23.1 Å². The van der Waals surface area contributed by atoms with Gasteiger partial charge in [0.2, 0.25) is 5.91 Å². The van der Waals surface area contributed by atoms with Crippen LogP contribution in [-0.4, -0.2) is 59.3 Å². The number of rotatable bonds is 6. The summed E-state index contributed by atoms with van der Waals surface area (Å²) in [7, 11) is 3.06. The molecule has 3 heterocycles. The Hall–Kier alpha value is -2.79. The molecule has 1 fully saturated rings. The first kappa shape index (κ1) is 20.5. The van der Waals surface area contributed by atoms with E-state index in [4.69, 9.17) is 9.47 Å². The molecule has 11 heteroatoms. The van der Waals surface area contributed by atoms with E-state index in [1.54, 1.807) is 25.3 Å². The second-order valence-electron chi connectivity index (χ2n) is 6.54. The molecule has 1 aliphatic heterocycles. The number of thiazole rings is 1. The summed E-state index contributed by atoms with van der Waals surface area (Å²) >= 11 is 3.24. The average molecular weight is 448 g/mol. The molecular formula is C19H21N5O4S2. The van der Waals surface area contributed by atoms with Gasteiger partial charge in [-0.2, -0.15) is 16.7 Å². The number of nitrogens with one attached hydrogen (secondary N) is 1. The van der Waals surface area contributed by atoms with E-state index in [2.05, 4.69) is 20.2 Å². The lowest BCUT2D eigenvalue weighted by Crippen LogP contribution is -2.32. The number of thioether (sulfide) groups is 1. The minimum Gasteiger partial charge on any atom is -0.497 e. The molecular weight excluding hydrogens is 426 g/mol. The highest BCUT2D eigenvalue weighted by molar-refractivity contribution is 7.99. The van der Waals surface area contributed by atoms with Crippen LogP contribution in [0.4, 0.5) is 10.8 Å². The van der Waals surface area contributed by atoms with Crippen molar-refractivity contribution in [2.24, 2.45) is 0 Å². The van der Waals surface area contributed by atoms with E-state index < -0.39 is 0 Å². The van der Waals surface area contributed by atoms with Crippen molar-refractivity contribution in [1.29, 1.82) is 0 Å². The summed E-state index contributed by atoms with van der Waals surface area (Å²) in [5.41, 5.74) is 0.645. The number of ether oxygens (including phenoxy) is 2. The van der Waals surface area contributed by atoms with E-state index in [9.17, 15) is 9.59 Å². The third-order valence-corrected chi connectivity index (χ3v) is 6.69. The van der Waals surface area contributed by atoms with Gasteiger partial charge < -0.3 is 19.7 Å². The van der Waals surface area contributed by atoms with E-state index in [-0.39, 0.29) is 18.0 Å². The Morgan fingerprint density at radius 2 is 2.03 bits per heavy atom. The van der Waals surface area contributed by atoms with Crippen LogP contribution in [0.1, 0.15) is 0 Å². The molecule has 1 aliphatic rings. The topological polar surface area (TPSA) is 98.6 Å². The fourth-order valence-electron chi connectivity index (χ4n) is 3.08. The van der Waals surface area contributed by atoms with Crippen LogP contribution < -0.4 is 25.2 Å². The average Bonchev–Trinajstić information content (AvgIpc) is 3.22. The molecule has 0 unspecified atom stereocenters. The third kappa shape index (κ3) is 4.21. The van der Waals surface area contributed by atoms with E-state index in [1.807, 2.05) is 11.8 Å². The van der Waals surface area contributed by atoms with Crippen molar-refractivity contribution in [3.8, 4) is 11.5 Å². The molecule has 3 aromatic rings. The second kappa shape index (κ2) is 8.92. The first-order chi connectivity index (χ1) is 14.6. The first-order valence-electron chi connectivity index (χ1n) is 9.29. The maximum absolute atomic E-state index is 12.9. The lowest BCUT2D eigenvalue weighted by molar-refractivity contribution is -0.116. The number of carbonyl (C=O) groups excluding carboxylic acids is 1. The summed E-state index contributed by atoms with van der Waals surface area (Å²) in [6, 6.07) is 5.08. The molecule has 0 spiro atoms. The lowest BCUT2D eigenvalue weighted by atomic mass is 10.2. The number of benzene rings is 1. The molecule has 0 saturated carbocycles. The fourth-order valence-corrected chi connectivity index (χ4v) is 5.01. The van der Waals surface area contributed by atoms with E-state index in [0.717, 1.165) is 29.7 Å². The summed E-state index contributed by atoms with van der Waals surface area (Å²) in [5, 5.41) is 3.57. The Kier molecular flexibility index (Phi) is 6.09. The third-order valence-electron chi connectivity index (χ3n) is 4.65. The molecule has 1 saturated heterocycles. The highest BCUT2D eigenvalue weighted by Gasteiger charge is 2.19. The highest BCUT2D eigenvalue weighted by Crippen LogP contribution is 2.29. The summed E-state index contributed by atoms with van der Waals surface area (Å²) in [6.45, 7) is 1.65. The van der Waals surface area contributed by atoms with Crippen molar-refractivity contribution in [2.75, 3.05) is 49.0 Å². The summed E-state index contributed by atoms with van der Waals surface area (Å²) in [5.74, 6) is 2.81. The Balaban J connectivity index is 1.53. The molecule has 9 nitrogen and oxygen atoms in total. The number of anilines is 2. The molecule has 158 valence electrons. The van der Waals surface area contributed by atoms with Crippen LogP contribution in [0.25, 0.3) is 10.3 Å². The van der Waals surface area contributed by atoms with Crippen molar-refractivity contribution in [3.05, 3.63) is 34.9 Å². The standard InChI is InChI=1S/C19H21N5O4S2/c1-27-12-3-4-13(14(9-12)28-2)21-15(25)10-24-11-20-17-16(18(24)26)30-19(22-17)23-5-7-29-8-6-23/h3-4,9,11H,5-8,10H2,1-2H3,(H,21,25). The number of aromatic nitrogens is 3. The fraction of sp³-hybridized carbons (Fsp3) is 0.368. The van der Waals surface area contributed by atoms with Gasteiger partial charge in [0.25, 0.3) is 5.56 Å². The number of amides is 1. The minimum absolute atomic E-state index is 0.162. The van der Waals surface area contributed by atoms with Crippen molar-refractivity contribution >= 4 is 50.2 Å². The van der Waals surface area contributed by atoms with Crippen LogP contribution in [0.15, 0.2) is 29.3 Å². The van der Waals surface area contributed by atoms with Gasteiger partial charge >= 0.3 is 0 Å². The number of methoxy groups -OCH3 is 2. The zero-order valence-corrected chi connectivity index (χ0v) is 18.2. The Morgan fingerprint density at radius 3 is 2.77 bits per heavy atom. The summed E-state index contributed by atoms with van der Waals surface area (Å²) in [4.78, 5) is 36.4. The summed E-state index contributed by atoms with van der Waals surface area (Å²) < 4.78 is 12.2. The van der Waals surface area contributed by atoms with Crippen molar-refractivity contribution in [1.82, 2.24) is 14.5 Å². The Morgan fingerprint density at radius 1 is 1.23 bits per heavy atom. The van der Waals surface area contributed by atoms with Crippen LogP contribution in [0.2, 0.25) is 0 Å². The van der Waals surface area contributed by atoms with Gasteiger partial charge in [-0.05, 0) is 12.1 Å². The van der Waals surface area contributed by atoms with Gasteiger partial charge in [-0.25, -0.2) is 4.98 Å². The molecule has 30 heavy (non-hydrogen) atoms. The predicted molar refractivity (Wildman–Crippen MR) is 119 cm³/mol. The maximum atomic E-state index is 12.9. The Bertz CT molecular complexity index is 1120. The molecule has 1 amide bonds. The molecule has 1 aromatic carbocycles. The molecule has 1 N–H and O–H groups in total. The first-order valence-corrected chi connectivity index (χ1v) is 11.3. The lowest BCUT2D eigenvalue weighted by Gasteiger charge is -2.25. The monoisotopic (exact) mass is 447 g/mol. The summed E-state index contributed by atoms with van der Waals surface area (Å²) in [6.07, 6.45) is 1.37. The molecule has 2 aromatic heterocycles. The number of fused-ring (bicyclic) bond motifs is 1. The van der Waals surface area contributed by atoms with Gasteiger partial charge in [0.15, 0.2) is 10.8 Å². The minimum atomic E-state index is -0.362. The van der Waals surface area contributed by atoms with E-state index in [1.165, 1.54) is 29.3 Å². The maximum Gasteiger partial charge on any atom is 0.273 e. The van der Waals surface area contributed by atoms with Crippen molar-refractivity contribution in [3.63, 3.8) is 0 Å². The molecule has 0 aliphatic carbocycles. The largest absolute Gasteiger partial charge is 0.497 e. The molecule has 0 bridgehead atoms. The normalized spacial score (nSPS) is 14.0. The zero-order chi connectivity index (χ0) is 21.1. The SMILES string of the molecule is COc1ccc(NC(=O)Cn2cnc3nc(N4CCSCC4)sc3c2=O)c(OC)c1.